The summed E-state index contributed by atoms with van der Waals surface area (Å²) in [4.78, 5) is 12.0. The third-order valence-corrected chi connectivity index (χ3v) is 4.56. The highest BCUT2D eigenvalue weighted by molar-refractivity contribution is 7.08. The lowest BCUT2D eigenvalue weighted by Crippen LogP contribution is -2.45. The number of aliphatic hydroxyl groups is 1. The van der Waals surface area contributed by atoms with Crippen molar-refractivity contribution in [3.8, 4) is 11.5 Å². The molecule has 2 unspecified atom stereocenters. The molecule has 1 fully saturated rings. The third-order valence-electron chi connectivity index (χ3n) is 3.88. The van der Waals surface area contributed by atoms with Crippen LogP contribution in [-0.4, -0.2) is 33.4 Å². The van der Waals surface area contributed by atoms with Gasteiger partial charge in [0.2, 0.25) is 17.7 Å². The van der Waals surface area contributed by atoms with Gasteiger partial charge in [-0.15, -0.1) is 10.2 Å². The van der Waals surface area contributed by atoms with Crippen molar-refractivity contribution in [2.45, 2.75) is 50.7 Å². The Labute approximate surface area is 132 Å². The van der Waals surface area contributed by atoms with Gasteiger partial charge in [0.05, 0.1) is 12.1 Å². The van der Waals surface area contributed by atoms with Crippen LogP contribution in [0.15, 0.2) is 21.2 Å². The summed E-state index contributed by atoms with van der Waals surface area (Å²) in [6.07, 6.45) is 3.96. The van der Waals surface area contributed by atoms with E-state index in [1.807, 2.05) is 16.8 Å². The number of carbonyl (C=O) groups is 1. The van der Waals surface area contributed by atoms with Crippen LogP contribution in [-0.2, 0) is 11.2 Å². The number of thiophene rings is 1. The summed E-state index contributed by atoms with van der Waals surface area (Å²) in [5.74, 6) is 0.862. The Kier molecular flexibility index (Phi) is 4.84. The summed E-state index contributed by atoms with van der Waals surface area (Å²) < 4.78 is 5.54. The number of amides is 1. The summed E-state index contributed by atoms with van der Waals surface area (Å²) >= 11 is 1.57. The molecule has 0 aliphatic heterocycles. The maximum Gasteiger partial charge on any atom is 0.248 e. The second-order valence-corrected chi connectivity index (χ2v) is 6.32. The van der Waals surface area contributed by atoms with Crippen LogP contribution in [0.2, 0.25) is 0 Å². The molecule has 3 rings (SSSR count). The average molecular weight is 321 g/mol. The molecule has 2 aromatic rings. The van der Waals surface area contributed by atoms with Gasteiger partial charge in [0, 0.05) is 23.8 Å². The molecule has 0 radical (unpaired) electrons. The van der Waals surface area contributed by atoms with E-state index in [4.69, 9.17) is 4.42 Å². The van der Waals surface area contributed by atoms with Gasteiger partial charge in [0.25, 0.3) is 0 Å². The van der Waals surface area contributed by atoms with Gasteiger partial charge in [-0.05, 0) is 24.3 Å². The average Bonchev–Trinajstić information content (AvgIpc) is 3.18. The van der Waals surface area contributed by atoms with Gasteiger partial charge < -0.3 is 14.8 Å². The van der Waals surface area contributed by atoms with E-state index in [0.29, 0.717) is 18.2 Å². The Morgan fingerprint density at radius 3 is 3.05 bits per heavy atom. The Morgan fingerprint density at radius 2 is 2.27 bits per heavy atom. The zero-order valence-corrected chi connectivity index (χ0v) is 13.0. The molecule has 0 saturated heterocycles. The second-order valence-electron chi connectivity index (χ2n) is 5.54. The first-order valence-electron chi connectivity index (χ1n) is 7.55. The van der Waals surface area contributed by atoms with Gasteiger partial charge in [0.15, 0.2) is 0 Å². The fraction of sp³-hybridized carbons (Fsp3) is 0.533. The maximum atomic E-state index is 12.0. The minimum atomic E-state index is -0.425. The van der Waals surface area contributed by atoms with Crippen LogP contribution in [0.5, 0.6) is 0 Å². The van der Waals surface area contributed by atoms with E-state index in [0.717, 1.165) is 31.2 Å². The van der Waals surface area contributed by atoms with Gasteiger partial charge in [0.1, 0.15) is 0 Å². The zero-order valence-electron chi connectivity index (χ0n) is 12.2. The molecule has 6 nitrogen and oxygen atoms in total. The summed E-state index contributed by atoms with van der Waals surface area (Å²) in [6.45, 7) is 0. The molecule has 1 aliphatic carbocycles. The Balaban J connectivity index is 1.49. The Morgan fingerprint density at radius 1 is 1.41 bits per heavy atom. The van der Waals surface area contributed by atoms with Gasteiger partial charge in [-0.3, -0.25) is 4.79 Å². The SMILES string of the molecule is O=C(CCc1nnc(-c2ccsc2)o1)NC1CCCCC1O. The lowest BCUT2D eigenvalue weighted by Gasteiger charge is -2.28. The zero-order chi connectivity index (χ0) is 15.4. The standard InChI is InChI=1S/C15H19N3O3S/c19-12-4-2-1-3-11(12)16-13(20)5-6-14-17-18-15(21-14)10-7-8-22-9-10/h7-9,11-12,19H,1-6H2,(H,16,20). The fourth-order valence-electron chi connectivity index (χ4n) is 2.64. The fourth-order valence-corrected chi connectivity index (χ4v) is 3.27. The normalized spacial score (nSPS) is 21.7. The highest BCUT2D eigenvalue weighted by Gasteiger charge is 2.24. The first-order chi connectivity index (χ1) is 10.7. The lowest BCUT2D eigenvalue weighted by molar-refractivity contribution is -0.123. The number of nitrogens with zero attached hydrogens (tertiary/aromatic N) is 2. The van der Waals surface area contributed by atoms with Crippen LogP contribution < -0.4 is 5.32 Å². The first kappa shape index (κ1) is 15.2. The van der Waals surface area contributed by atoms with Crippen molar-refractivity contribution in [2.75, 3.05) is 0 Å². The van der Waals surface area contributed by atoms with E-state index < -0.39 is 6.10 Å². The maximum absolute atomic E-state index is 12.0. The van der Waals surface area contributed by atoms with E-state index in [-0.39, 0.29) is 18.4 Å². The van der Waals surface area contributed by atoms with E-state index in [2.05, 4.69) is 15.5 Å². The number of nitrogens with one attached hydrogen (secondary N) is 1. The lowest BCUT2D eigenvalue weighted by atomic mass is 9.92. The van der Waals surface area contributed by atoms with Crippen molar-refractivity contribution in [1.29, 1.82) is 0 Å². The number of aliphatic hydroxyl groups excluding tert-OH is 1. The van der Waals surface area contributed by atoms with Gasteiger partial charge in [-0.1, -0.05) is 12.8 Å². The minimum Gasteiger partial charge on any atom is -0.421 e. The molecular formula is C15H19N3O3S. The molecule has 0 bridgehead atoms. The Bertz CT molecular complexity index is 611. The highest BCUT2D eigenvalue weighted by atomic mass is 32.1. The number of hydrogen-bond donors (Lipinski definition) is 2. The van der Waals surface area contributed by atoms with E-state index in [1.165, 1.54) is 0 Å². The van der Waals surface area contributed by atoms with Crippen molar-refractivity contribution in [1.82, 2.24) is 15.5 Å². The smallest absolute Gasteiger partial charge is 0.248 e. The number of rotatable bonds is 5. The van der Waals surface area contributed by atoms with E-state index in [1.54, 1.807) is 11.3 Å². The summed E-state index contributed by atoms with van der Waals surface area (Å²) in [7, 11) is 0. The molecule has 2 N–H and O–H groups in total. The second kappa shape index (κ2) is 7.02. The van der Waals surface area contributed by atoms with Crippen molar-refractivity contribution in [3.05, 3.63) is 22.7 Å². The molecule has 22 heavy (non-hydrogen) atoms. The largest absolute Gasteiger partial charge is 0.421 e. The van der Waals surface area contributed by atoms with E-state index >= 15 is 0 Å². The highest BCUT2D eigenvalue weighted by Crippen LogP contribution is 2.21. The summed E-state index contributed by atoms with van der Waals surface area (Å²) in [5, 5.41) is 24.6. The monoisotopic (exact) mass is 321 g/mol. The van der Waals surface area contributed by atoms with Crippen LogP contribution in [0.1, 0.15) is 38.0 Å². The van der Waals surface area contributed by atoms with Crippen molar-refractivity contribution < 1.29 is 14.3 Å². The summed E-state index contributed by atoms with van der Waals surface area (Å²) in [6, 6.07) is 1.80. The third kappa shape index (κ3) is 3.72. The number of hydrogen-bond acceptors (Lipinski definition) is 6. The van der Waals surface area contributed by atoms with Crippen LogP contribution in [0.25, 0.3) is 11.5 Å². The molecule has 2 aromatic heterocycles. The topological polar surface area (TPSA) is 88.2 Å². The molecule has 0 aromatic carbocycles. The molecule has 1 amide bonds. The molecular weight excluding hydrogens is 302 g/mol. The Hall–Kier alpha value is -1.73. The van der Waals surface area contributed by atoms with E-state index in [9.17, 15) is 9.90 Å². The number of aryl methyl sites for hydroxylation is 1. The molecule has 2 heterocycles. The van der Waals surface area contributed by atoms with Crippen LogP contribution >= 0.6 is 11.3 Å². The molecule has 1 aliphatic rings. The van der Waals surface area contributed by atoms with Gasteiger partial charge >= 0.3 is 0 Å². The first-order valence-corrected chi connectivity index (χ1v) is 8.49. The van der Waals surface area contributed by atoms with Crippen LogP contribution in [0, 0.1) is 0 Å². The number of aromatic nitrogens is 2. The predicted molar refractivity (Wildman–Crippen MR) is 82.3 cm³/mol. The van der Waals surface area contributed by atoms with Crippen molar-refractivity contribution in [3.63, 3.8) is 0 Å². The van der Waals surface area contributed by atoms with Gasteiger partial charge in [-0.2, -0.15) is 11.3 Å². The molecule has 2 atom stereocenters. The molecule has 7 heteroatoms. The van der Waals surface area contributed by atoms with Crippen LogP contribution in [0.3, 0.4) is 0 Å². The quantitative estimate of drug-likeness (QED) is 0.881. The van der Waals surface area contributed by atoms with Gasteiger partial charge in [-0.25, -0.2) is 0 Å². The van der Waals surface area contributed by atoms with Crippen molar-refractivity contribution in [2.24, 2.45) is 0 Å². The molecule has 1 saturated carbocycles. The van der Waals surface area contributed by atoms with Crippen molar-refractivity contribution >= 4 is 17.2 Å². The van der Waals surface area contributed by atoms with Crippen LogP contribution in [0.4, 0.5) is 0 Å². The molecule has 118 valence electrons. The summed E-state index contributed by atoms with van der Waals surface area (Å²) in [5.41, 5.74) is 0.901. The predicted octanol–water partition coefficient (Wildman–Crippen LogP) is 2.15. The molecule has 0 spiro atoms. The minimum absolute atomic E-state index is 0.0822. The number of carbonyl (C=O) groups excluding carboxylic acids is 1.